The number of hydrogen-bond acceptors (Lipinski definition) is 6. The molecule has 0 bridgehead atoms. The molecule has 8 heteroatoms. The number of aryl methyl sites for hydroxylation is 1. The molecule has 2 heterocycles. The maximum atomic E-state index is 12.6. The van der Waals surface area contributed by atoms with Crippen LogP contribution in [0.15, 0.2) is 48.5 Å². The third-order valence-corrected chi connectivity index (χ3v) is 6.11. The van der Waals surface area contributed by atoms with Crippen LogP contribution in [0, 0.1) is 6.92 Å². The zero-order valence-corrected chi connectivity index (χ0v) is 17.6. The van der Waals surface area contributed by atoms with Gasteiger partial charge in [0.2, 0.25) is 16.9 Å². The van der Waals surface area contributed by atoms with E-state index < -0.39 is 0 Å². The van der Waals surface area contributed by atoms with Crippen molar-refractivity contribution < 1.29 is 14.3 Å². The number of carbonyl (C=O) groups is 2. The molecule has 1 N–H and O–H groups in total. The van der Waals surface area contributed by atoms with Gasteiger partial charge in [0.1, 0.15) is 10.8 Å². The van der Waals surface area contributed by atoms with Crippen LogP contribution in [0.2, 0.25) is 0 Å². The second-order valence-corrected chi connectivity index (χ2v) is 8.18. The minimum Gasteiger partial charge on any atom is -0.496 e. The molecular weight excluding hydrogens is 400 g/mol. The van der Waals surface area contributed by atoms with Crippen LogP contribution in [0.3, 0.4) is 0 Å². The third-order valence-electron chi connectivity index (χ3n) is 5.11. The van der Waals surface area contributed by atoms with Crippen LogP contribution in [0.25, 0.3) is 0 Å². The standard InChI is InChI=1S/C22H22N4O3S/c1-14-7-3-5-9-17(14)26-13-16(12-20(26)28)21-24-25-22(30-21)23-19(27)11-15-8-4-6-10-18(15)29-2/h3-10,16H,11-13H2,1-2H3,(H,23,25,27). The lowest BCUT2D eigenvalue weighted by Gasteiger charge is -2.18. The Bertz CT molecular complexity index is 1080. The van der Waals surface area contributed by atoms with Crippen LogP contribution >= 0.6 is 11.3 Å². The quantitative estimate of drug-likeness (QED) is 0.657. The number of aromatic nitrogens is 2. The number of amides is 2. The van der Waals surface area contributed by atoms with E-state index in [1.54, 1.807) is 12.0 Å². The molecule has 4 rings (SSSR count). The molecule has 7 nitrogen and oxygen atoms in total. The van der Waals surface area contributed by atoms with E-state index in [4.69, 9.17) is 4.74 Å². The molecule has 2 aromatic carbocycles. The highest BCUT2D eigenvalue weighted by atomic mass is 32.1. The summed E-state index contributed by atoms with van der Waals surface area (Å²) in [6.45, 7) is 2.56. The van der Waals surface area contributed by atoms with E-state index in [9.17, 15) is 9.59 Å². The molecule has 0 spiro atoms. The van der Waals surface area contributed by atoms with Crippen LogP contribution in [0.4, 0.5) is 10.8 Å². The van der Waals surface area contributed by atoms with E-state index in [2.05, 4.69) is 15.5 Å². The number of anilines is 2. The molecule has 3 aromatic rings. The smallest absolute Gasteiger partial charge is 0.230 e. The molecule has 1 aliphatic heterocycles. The monoisotopic (exact) mass is 422 g/mol. The number of methoxy groups -OCH3 is 1. The van der Waals surface area contributed by atoms with E-state index in [-0.39, 0.29) is 24.2 Å². The van der Waals surface area contributed by atoms with E-state index in [0.717, 1.165) is 21.8 Å². The summed E-state index contributed by atoms with van der Waals surface area (Å²) >= 11 is 1.32. The molecule has 1 atom stereocenters. The Balaban J connectivity index is 1.41. The van der Waals surface area contributed by atoms with Gasteiger partial charge < -0.3 is 15.0 Å². The topological polar surface area (TPSA) is 84.4 Å². The summed E-state index contributed by atoms with van der Waals surface area (Å²) in [4.78, 5) is 26.8. The third kappa shape index (κ3) is 4.18. The minimum absolute atomic E-state index is 0.0329. The largest absolute Gasteiger partial charge is 0.496 e. The molecule has 1 aromatic heterocycles. The van der Waals surface area contributed by atoms with Crippen molar-refractivity contribution in [3.8, 4) is 5.75 Å². The van der Waals surface area contributed by atoms with Crippen LogP contribution in [-0.2, 0) is 16.0 Å². The summed E-state index contributed by atoms with van der Waals surface area (Å²) in [5.74, 6) is 0.526. The van der Waals surface area contributed by atoms with E-state index in [1.807, 2.05) is 55.5 Å². The van der Waals surface area contributed by atoms with Crippen molar-refractivity contribution in [3.05, 3.63) is 64.7 Å². The molecule has 0 saturated carbocycles. The molecule has 1 saturated heterocycles. The van der Waals surface area contributed by atoms with Crippen molar-refractivity contribution in [2.24, 2.45) is 0 Å². The molecule has 30 heavy (non-hydrogen) atoms. The summed E-state index contributed by atoms with van der Waals surface area (Å²) in [6, 6.07) is 15.3. The fraction of sp³-hybridized carbons (Fsp3) is 0.273. The summed E-state index contributed by atoms with van der Waals surface area (Å²) in [6.07, 6.45) is 0.569. The fourth-order valence-corrected chi connectivity index (χ4v) is 4.46. The SMILES string of the molecule is COc1ccccc1CC(=O)Nc1nnc(C2CC(=O)N(c3ccccc3C)C2)s1. The second-order valence-electron chi connectivity index (χ2n) is 7.17. The van der Waals surface area contributed by atoms with Gasteiger partial charge in [-0.2, -0.15) is 0 Å². The Hall–Kier alpha value is -3.26. The highest BCUT2D eigenvalue weighted by Crippen LogP contribution is 2.35. The zero-order valence-electron chi connectivity index (χ0n) is 16.8. The van der Waals surface area contributed by atoms with Crippen LogP contribution in [-0.4, -0.2) is 35.7 Å². The van der Waals surface area contributed by atoms with Gasteiger partial charge in [-0.15, -0.1) is 10.2 Å². The highest BCUT2D eigenvalue weighted by Gasteiger charge is 2.34. The molecular formula is C22H22N4O3S. The molecule has 1 unspecified atom stereocenters. The number of rotatable bonds is 6. The molecule has 1 fully saturated rings. The Morgan fingerprint density at radius 1 is 1.20 bits per heavy atom. The van der Waals surface area contributed by atoms with Crippen molar-refractivity contribution in [2.75, 3.05) is 23.9 Å². The molecule has 2 amide bonds. The summed E-state index contributed by atoms with van der Waals surface area (Å²) in [5, 5.41) is 12.3. The first-order valence-corrected chi connectivity index (χ1v) is 10.5. The average Bonchev–Trinajstić information content (AvgIpc) is 3.35. The van der Waals surface area contributed by atoms with E-state index in [0.29, 0.717) is 23.8 Å². The number of para-hydroxylation sites is 2. The molecule has 154 valence electrons. The molecule has 0 radical (unpaired) electrons. The minimum atomic E-state index is -0.189. The first-order chi connectivity index (χ1) is 14.5. The first kappa shape index (κ1) is 20.0. The van der Waals surface area contributed by atoms with Gasteiger partial charge in [-0.3, -0.25) is 9.59 Å². The lowest BCUT2D eigenvalue weighted by Crippen LogP contribution is -2.25. The second kappa shape index (κ2) is 8.62. The lowest BCUT2D eigenvalue weighted by molar-refractivity contribution is -0.117. The predicted octanol–water partition coefficient (Wildman–Crippen LogP) is 3.56. The summed E-state index contributed by atoms with van der Waals surface area (Å²) < 4.78 is 5.29. The number of hydrogen-bond donors (Lipinski definition) is 1. The van der Waals surface area contributed by atoms with Crippen molar-refractivity contribution in [1.29, 1.82) is 0 Å². The van der Waals surface area contributed by atoms with Crippen molar-refractivity contribution >= 4 is 34.0 Å². The van der Waals surface area contributed by atoms with Crippen molar-refractivity contribution in [3.63, 3.8) is 0 Å². The number of nitrogens with one attached hydrogen (secondary N) is 1. The van der Waals surface area contributed by atoms with Gasteiger partial charge in [-0.05, 0) is 24.6 Å². The Kier molecular flexibility index (Phi) is 5.76. The number of ether oxygens (including phenoxy) is 1. The predicted molar refractivity (Wildman–Crippen MR) is 116 cm³/mol. The van der Waals surface area contributed by atoms with Gasteiger partial charge in [-0.25, -0.2) is 0 Å². The van der Waals surface area contributed by atoms with Gasteiger partial charge in [0.05, 0.1) is 13.5 Å². The van der Waals surface area contributed by atoms with Crippen molar-refractivity contribution in [2.45, 2.75) is 25.7 Å². The highest BCUT2D eigenvalue weighted by molar-refractivity contribution is 7.15. The van der Waals surface area contributed by atoms with Crippen LogP contribution in [0.5, 0.6) is 5.75 Å². The maximum Gasteiger partial charge on any atom is 0.230 e. The van der Waals surface area contributed by atoms with Gasteiger partial charge in [0.15, 0.2) is 0 Å². The Labute approximate surface area is 178 Å². The van der Waals surface area contributed by atoms with Gasteiger partial charge in [0, 0.05) is 30.1 Å². The molecule has 0 aliphatic carbocycles. The normalized spacial score (nSPS) is 16.0. The molecule has 1 aliphatic rings. The average molecular weight is 423 g/mol. The fourth-order valence-electron chi connectivity index (χ4n) is 3.61. The Morgan fingerprint density at radius 2 is 1.97 bits per heavy atom. The lowest BCUT2D eigenvalue weighted by atomic mass is 10.1. The number of nitrogens with zero attached hydrogens (tertiary/aromatic N) is 3. The Morgan fingerprint density at radius 3 is 2.77 bits per heavy atom. The van der Waals surface area contributed by atoms with Crippen LogP contribution < -0.4 is 15.0 Å². The van der Waals surface area contributed by atoms with E-state index >= 15 is 0 Å². The van der Waals surface area contributed by atoms with E-state index in [1.165, 1.54) is 11.3 Å². The summed E-state index contributed by atoms with van der Waals surface area (Å²) in [7, 11) is 1.58. The number of benzene rings is 2. The van der Waals surface area contributed by atoms with Crippen molar-refractivity contribution in [1.82, 2.24) is 10.2 Å². The summed E-state index contributed by atoms with van der Waals surface area (Å²) in [5.41, 5.74) is 2.80. The van der Waals surface area contributed by atoms with Gasteiger partial charge >= 0.3 is 0 Å². The van der Waals surface area contributed by atoms with Crippen LogP contribution in [0.1, 0.15) is 28.5 Å². The van der Waals surface area contributed by atoms with Gasteiger partial charge in [-0.1, -0.05) is 47.7 Å². The van der Waals surface area contributed by atoms with Gasteiger partial charge in [0.25, 0.3) is 0 Å². The maximum absolute atomic E-state index is 12.6. The number of carbonyl (C=O) groups excluding carboxylic acids is 2. The first-order valence-electron chi connectivity index (χ1n) is 9.66. The zero-order chi connectivity index (χ0) is 21.1.